The minimum absolute atomic E-state index is 0.861. The first-order chi connectivity index (χ1) is 6.65. The second-order valence-corrected chi connectivity index (χ2v) is 3.69. The number of hydrogen-bond donors (Lipinski definition) is 0. The van der Waals surface area contributed by atoms with Crippen molar-refractivity contribution in [1.29, 1.82) is 0 Å². The molecule has 14 heavy (non-hydrogen) atoms. The van der Waals surface area contributed by atoms with Gasteiger partial charge in [-0.3, -0.25) is 4.79 Å². The molecule has 0 atom stereocenters. The van der Waals surface area contributed by atoms with Crippen LogP contribution in [0.15, 0.2) is 6.07 Å². The van der Waals surface area contributed by atoms with Gasteiger partial charge in [0, 0.05) is 5.56 Å². The van der Waals surface area contributed by atoms with Gasteiger partial charge in [-0.25, -0.2) is 0 Å². The van der Waals surface area contributed by atoms with Gasteiger partial charge in [-0.1, -0.05) is 13.8 Å². The van der Waals surface area contributed by atoms with Crippen molar-refractivity contribution in [2.45, 2.75) is 40.5 Å². The van der Waals surface area contributed by atoms with Crippen LogP contribution < -0.4 is 0 Å². The average molecular weight is 190 g/mol. The Labute approximate surface area is 86.1 Å². The first-order valence-corrected chi connectivity index (χ1v) is 5.22. The van der Waals surface area contributed by atoms with Crippen molar-refractivity contribution < 1.29 is 4.79 Å². The minimum atomic E-state index is 0.861. The maximum Gasteiger partial charge on any atom is 0.150 e. The number of hydrogen-bond acceptors (Lipinski definition) is 1. The molecule has 0 bridgehead atoms. The monoisotopic (exact) mass is 190 g/mol. The predicted molar refractivity (Wildman–Crippen MR) is 60.1 cm³/mol. The number of aldehydes is 1. The van der Waals surface area contributed by atoms with E-state index in [-0.39, 0.29) is 0 Å². The smallest absolute Gasteiger partial charge is 0.150 e. The third-order valence-electron chi connectivity index (χ3n) is 2.94. The Morgan fingerprint density at radius 2 is 1.71 bits per heavy atom. The van der Waals surface area contributed by atoms with Gasteiger partial charge in [-0.2, -0.15) is 0 Å². The highest BCUT2D eigenvalue weighted by Crippen LogP contribution is 2.22. The maximum absolute atomic E-state index is 10.9. The Morgan fingerprint density at radius 3 is 2.14 bits per heavy atom. The summed E-state index contributed by atoms with van der Waals surface area (Å²) in [6.07, 6.45) is 2.95. The lowest BCUT2D eigenvalue weighted by molar-refractivity contribution is 0.112. The molecule has 0 radical (unpaired) electrons. The van der Waals surface area contributed by atoms with Gasteiger partial charge >= 0.3 is 0 Å². The first kappa shape index (κ1) is 11.0. The van der Waals surface area contributed by atoms with Gasteiger partial charge < -0.3 is 0 Å². The molecule has 0 amide bonds. The van der Waals surface area contributed by atoms with Crippen LogP contribution in [0.2, 0.25) is 0 Å². The normalized spacial score (nSPS) is 10.3. The summed E-state index contributed by atoms with van der Waals surface area (Å²) in [5.41, 5.74) is 6.01. The van der Waals surface area contributed by atoms with Gasteiger partial charge in [0.15, 0.2) is 0 Å². The second-order valence-electron chi connectivity index (χ2n) is 3.69. The molecule has 0 fully saturated rings. The Bertz CT molecular complexity index is 351. The van der Waals surface area contributed by atoms with Crippen LogP contribution in [0, 0.1) is 13.8 Å². The van der Waals surface area contributed by atoms with E-state index >= 15 is 0 Å². The highest BCUT2D eigenvalue weighted by molar-refractivity contribution is 5.79. The van der Waals surface area contributed by atoms with Crippen LogP contribution in [-0.4, -0.2) is 6.29 Å². The number of benzene rings is 1. The van der Waals surface area contributed by atoms with E-state index in [1.54, 1.807) is 0 Å². The van der Waals surface area contributed by atoms with Crippen LogP contribution >= 0.6 is 0 Å². The van der Waals surface area contributed by atoms with Gasteiger partial charge in [-0.05, 0) is 55.0 Å². The summed E-state index contributed by atoms with van der Waals surface area (Å²) in [5.74, 6) is 0. The van der Waals surface area contributed by atoms with Crippen molar-refractivity contribution in [2.24, 2.45) is 0 Å². The summed E-state index contributed by atoms with van der Waals surface area (Å²) < 4.78 is 0. The molecule has 0 aliphatic carbocycles. The fourth-order valence-electron chi connectivity index (χ4n) is 2.22. The standard InChI is InChI=1S/C13H18O/c1-5-12-9(3)7-11(8-14)13(6-2)10(12)4/h7-8H,5-6H2,1-4H3. The summed E-state index contributed by atoms with van der Waals surface area (Å²) in [4.78, 5) is 10.9. The topological polar surface area (TPSA) is 17.1 Å². The van der Waals surface area contributed by atoms with Gasteiger partial charge in [0.2, 0.25) is 0 Å². The van der Waals surface area contributed by atoms with E-state index in [1.165, 1.54) is 22.3 Å². The Kier molecular flexibility index (Phi) is 3.45. The molecule has 0 heterocycles. The van der Waals surface area contributed by atoms with Crippen LogP contribution in [0.1, 0.15) is 46.5 Å². The molecule has 76 valence electrons. The number of aryl methyl sites for hydroxylation is 1. The van der Waals surface area contributed by atoms with Crippen molar-refractivity contribution in [3.05, 3.63) is 33.9 Å². The lowest BCUT2D eigenvalue weighted by Crippen LogP contribution is -2.02. The molecule has 0 unspecified atom stereocenters. The Balaban J connectivity index is 3.46. The second kappa shape index (κ2) is 4.41. The van der Waals surface area contributed by atoms with Crippen LogP contribution in [0.25, 0.3) is 0 Å². The summed E-state index contributed by atoms with van der Waals surface area (Å²) in [6, 6.07) is 2.01. The molecular weight excluding hydrogens is 172 g/mol. The van der Waals surface area contributed by atoms with E-state index in [2.05, 4.69) is 27.7 Å². The Morgan fingerprint density at radius 1 is 1.14 bits per heavy atom. The van der Waals surface area contributed by atoms with Crippen molar-refractivity contribution in [2.75, 3.05) is 0 Å². The third kappa shape index (κ3) is 1.72. The quantitative estimate of drug-likeness (QED) is 0.669. The van der Waals surface area contributed by atoms with Crippen LogP contribution in [0.3, 0.4) is 0 Å². The van der Waals surface area contributed by atoms with Crippen LogP contribution in [0.5, 0.6) is 0 Å². The molecule has 0 aliphatic rings. The molecule has 1 heteroatoms. The van der Waals surface area contributed by atoms with Crippen molar-refractivity contribution in [3.8, 4) is 0 Å². The molecule has 1 nitrogen and oxygen atoms in total. The molecule has 1 rings (SSSR count). The van der Waals surface area contributed by atoms with Crippen molar-refractivity contribution in [3.63, 3.8) is 0 Å². The number of carbonyl (C=O) groups excluding carboxylic acids is 1. The van der Waals surface area contributed by atoms with E-state index in [1.807, 2.05) is 6.07 Å². The Hall–Kier alpha value is -1.11. The minimum Gasteiger partial charge on any atom is -0.298 e. The first-order valence-electron chi connectivity index (χ1n) is 5.22. The van der Waals surface area contributed by atoms with E-state index in [0.717, 1.165) is 24.7 Å². The molecule has 0 saturated carbocycles. The van der Waals surface area contributed by atoms with E-state index in [9.17, 15) is 4.79 Å². The molecule has 0 aliphatic heterocycles. The molecular formula is C13H18O. The van der Waals surface area contributed by atoms with Gasteiger partial charge in [0.1, 0.15) is 6.29 Å². The van der Waals surface area contributed by atoms with Crippen molar-refractivity contribution in [1.82, 2.24) is 0 Å². The predicted octanol–water partition coefficient (Wildman–Crippen LogP) is 3.24. The van der Waals surface area contributed by atoms with Crippen LogP contribution in [0.4, 0.5) is 0 Å². The molecule has 0 saturated heterocycles. The molecule has 0 aromatic heterocycles. The van der Waals surface area contributed by atoms with Gasteiger partial charge in [0.25, 0.3) is 0 Å². The van der Waals surface area contributed by atoms with Crippen LogP contribution in [-0.2, 0) is 12.8 Å². The van der Waals surface area contributed by atoms with Crippen molar-refractivity contribution >= 4 is 6.29 Å². The van der Waals surface area contributed by atoms with E-state index in [4.69, 9.17) is 0 Å². The highest BCUT2D eigenvalue weighted by Gasteiger charge is 2.09. The molecule has 0 spiro atoms. The zero-order chi connectivity index (χ0) is 10.7. The van der Waals surface area contributed by atoms with Gasteiger partial charge in [0.05, 0.1) is 0 Å². The SMILES string of the molecule is CCc1c(C)cc(C=O)c(CC)c1C. The molecule has 1 aromatic carbocycles. The fraction of sp³-hybridized carbons (Fsp3) is 0.462. The number of carbonyl (C=O) groups is 1. The van der Waals surface area contributed by atoms with Gasteiger partial charge in [-0.15, -0.1) is 0 Å². The summed E-state index contributed by atoms with van der Waals surface area (Å²) >= 11 is 0. The summed E-state index contributed by atoms with van der Waals surface area (Å²) in [7, 11) is 0. The lowest BCUT2D eigenvalue weighted by atomic mass is 9.91. The van der Waals surface area contributed by atoms with E-state index in [0.29, 0.717) is 0 Å². The molecule has 0 N–H and O–H groups in total. The zero-order valence-corrected chi connectivity index (χ0v) is 9.48. The highest BCUT2D eigenvalue weighted by atomic mass is 16.1. The van der Waals surface area contributed by atoms with E-state index < -0.39 is 0 Å². The molecule has 1 aromatic rings. The fourth-order valence-corrected chi connectivity index (χ4v) is 2.22. The third-order valence-corrected chi connectivity index (χ3v) is 2.94. The summed E-state index contributed by atoms with van der Waals surface area (Å²) in [6.45, 7) is 8.47. The number of rotatable bonds is 3. The lowest BCUT2D eigenvalue weighted by Gasteiger charge is -2.14. The zero-order valence-electron chi connectivity index (χ0n) is 9.48. The summed E-state index contributed by atoms with van der Waals surface area (Å²) in [5, 5.41) is 0. The largest absolute Gasteiger partial charge is 0.298 e. The maximum atomic E-state index is 10.9. The average Bonchev–Trinajstić information content (AvgIpc) is 2.17.